The molecule has 4 heterocycles. The van der Waals surface area contributed by atoms with Gasteiger partial charge >= 0.3 is 5.97 Å². The van der Waals surface area contributed by atoms with E-state index in [1.807, 2.05) is 6.92 Å². The summed E-state index contributed by atoms with van der Waals surface area (Å²) in [5.74, 6) is 1.24. The Hall–Kier alpha value is -3.25. The van der Waals surface area contributed by atoms with E-state index in [9.17, 15) is 10.1 Å². The van der Waals surface area contributed by atoms with Crippen LogP contribution in [0.4, 0.5) is 11.6 Å². The van der Waals surface area contributed by atoms with Gasteiger partial charge in [0.25, 0.3) is 0 Å². The summed E-state index contributed by atoms with van der Waals surface area (Å²) in [6.07, 6.45) is 3.25. The number of rotatable bonds is 4. The third-order valence-corrected chi connectivity index (χ3v) is 6.13. The number of carbonyl (C=O) groups is 1. The quantitative estimate of drug-likeness (QED) is 0.608. The molecule has 0 aliphatic carbocycles. The Morgan fingerprint density at radius 1 is 1.21 bits per heavy atom. The van der Waals surface area contributed by atoms with Crippen molar-refractivity contribution >= 4 is 39.2 Å². The monoisotopic (exact) mass is 408 g/mol. The summed E-state index contributed by atoms with van der Waals surface area (Å²) in [7, 11) is 0. The lowest BCUT2D eigenvalue weighted by atomic mass is 10.1. The van der Waals surface area contributed by atoms with E-state index in [0.717, 1.165) is 53.6 Å². The average Bonchev–Trinajstić information content (AvgIpc) is 3.11. The highest BCUT2D eigenvalue weighted by Gasteiger charge is 2.26. The van der Waals surface area contributed by atoms with Gasteiger partial charge in [0.1, 0.15) is 33.7 Å². The van der Waals surface area contributed by atoms with Crippen LogP contribution >= 0.6 is 11.3 Å². The minimum atomic E-state index is -0.317. The highest BCUT2D eigenvalue weighted by molar-refractivity contribution is 7.20. The summed E-state index contributed by atoms with van der Waals surface area (Å²) < 4.78 is 5.18. The SMILES string of the molecule is CCOC(=O)c1sc2ncnc(N3CCN(c4ncccc4C#N)CC3)c2c1C. The Morgan fingerprint density at radius 2 is 1.93 bits per heavy atom. The van der Waals surface area contributed by atoms with Crippen LogP contribution in [0.5, 0.6) is 0 Å². The van der Waals surface area contributed by atoms with E-state index >= 15 is 0 Å². The van der Waals surface area contributed by atoms with Gasteiger partial charge < -0.3 is 14.5 Å². The number of pyridine rings is 1. The molecule has 148 valence electrons. The Balaban J connectivity index is 1.60. The minimum absolute atomic E-state index is 0.317. The second kappa shape index (κ2) is 8.01. The maximum Gasteiger partial charge on any atom is 0.348 e. The molecule has 0 radical (unpaired) electrons. The zero-order valence-electron chi connectivity index (χ0n) is 16.3. The third-order valence-electron chi connectivity index (χ3n) is 4.95. The van der Waals surface area contributed by atoms with Gasteiger partial charge in [-0.25, -0.2) is 19.7 Å². The molecule has 1 fully saturated rings. The Bertz CT molecular complexity index is 1100. The van der Waals surface area contributed by atoms with Crippen molar-refractivity contribution in [3.63, 3.8) is 0 Å². The molecule has 3 aromatic rings. The van der Waals surface area contributed by atoms with Gasteiger partial charge in [0.15, 0.2) is 0 Å². The molecule has 1 aliphatic rings. The summed E-state index contributed by atoms with van der Waals surface area (Å²) in [6.45, 7) is 6.97. The van der Waals surface area contributed by atoms with Crippen LogP contribution < -0.4 is 9.80 Å². The number of thiophene rings is 1. The number of anilines is 2. The van der Waals surface area contributed by atoms with Crippen molar-refractivity contribution in [2.24, 2.45) is 0 Å². The Morgan fingerprint density at radius 3 is 2.62 bits per heavy atom. The number of aromatic nitrogens is 3. The highest BCUT2D eigenvalue weighted by Crippen LogP contribution is 2.35. The van der Waals surface area contributed by atoms with Gasteiger partial charge in [-0.1, -0.05) is 0 Å². The fourth-order valence-corrected chi connectivity index (χ4v) is 4.59. The van der Waals surface area contributed by atoms with Gasteiger partial charge in [-0.2, -0.15) is 5.26 Å². The summed E-state index contributed by atoms with van der Waals surface area (Å²) >= 11 is 1.34. The normalized spacial score (nSPS) is 14.1. The van der Waals surface area contributed by atoms with E-state index in [2.05, 4.69) is 30.8 Å². The largest absolute Gasteiger partial charge is 0.462 e. The second-order valence-electron chi connectivity index (χ2n) is 6.61. The van der Waals surface area contributed by atoms with Crippen LogP contribution in [0.25, 0.3) is 10.2 Å². The average molecular weight is 408 g/mol. The number of fused-ring (bicyclic) bond motifs is 1. The number of piperazine rings is 1. The van der Waals surface area contributed by atoms with E-state index in [-0.39, 0.29) is 5.97 Å². The predicted molar refractivity (Wildman–Crippen MR) is 111 cm³/mol. The number of hydrogen-bond acceptors (Lipinski definition) is 9. The van der Waals surface area contributed by atoms with Gasteiger partial charge in [-0.15, -0.1) is 11.3 Å². The lowest BCUT2D eigenvalue weighted by Gasteiger charge is -2.36. The molecule has 3 aromatic heterocycles. The van der Waals surface area contributed by atoms with Crippen LogP contribution in [-0.2, 0) is 4.74 Å². The van der Waals surface area contributed by atoms with Crippen molar-refractivity contribution in [1.82, 2.24) is 15.0 Å². The lowest BCUT2D eigenvalue weighted by Crippen LogP contribution is -2.47. The van der Waals surface area contributed by atoms with Crippen molar-refractivity contribution < 1.29 is 9.53 Å². The van der Waals surface area contributed by atoms with Gasteiger partial charge in [0, 0.05) is 32.4 Å². The van der Waals surface area contributed by atoms with Gasteiger partial charge in [0.05, 0.1) is 17.6 Å². The molecule has 0 saturated carbocycles. The number of nitriles is 1. The van der Waals surface area contributed by atoms with Crippen LogP contribution in [-0.4, -0.2) is 53.7 Å². The van der Waals surface area contributed by atoms with E-state index in [0.29, 0.717) is 17.0 Å². The molecule has 0 amide bonds. The molecular formula is C20H20N6O2S. The molecule has 8 nitrogen and oxygen atoms in total. The number of esters is 1. The molecule has 0 unspecified atom stereocenters. The number of ether oxygens (including phenoxy) is 1. The number of hydrogen-bond donors (Lipinski definition) is 0. The molecule has 4 rings (SSSR count). The molecule has 1 saturated heterocycles. The molecule has 0 spiro atoms. The summed E-state index contributed by atoms with van der Waals surface area (Å²) in [6, 6.07) is 5.77. The van der Waals surface area contributed by atoms with Gasteiger partial charge in [-0.05, 0) is 31.5 Å². The van der Waals surface area contributed by atoms with Crippen LogP contribution in [0, 0.1) is 18.3 Å². The first-order valence-corrected chi connectivity index (χ1v) is 10.2. The molecule has 9 heteroatoms. The second-order valence-corrected chi connectivity index (χ2v) is 7.61. The summed E-state index contributed by atoms with van der Waals surface area (Å²) in [4.78, 5) is 31.2. The van der Waals surface area contributed by atoms with Crippen LogP contribution in [0.15, 0.2) is 24.7 Å². The molecule has 0 atom stereocenters. The molecule has 0 aromatic carbocycles. The first-order chi connectivity index (χ1) is 14.1. The van der Waals surface area contributed by atoms with Crippen LogP contribution in [0.1, 0.15) is 27.7 Å². The fourth-order valence-electron chi connectivity index (χ4n) is 3.55. The van der Waals surface area contributed by atoms with E-state index in [1.54, 1.807) is 31.6 Å². The van der Waals surface area contributed by atoms with Crippen molar-refractivity contribution in [3.8, 4) is 6.07 Å². The number of nitrogens with zero attached hydrogens (tertiary/aromatic N) is 6. The summed E-state index contributed by atoms with van der Waals surface area (Å²) in [5, 5.41) is 10.2. The smallest absolute Gasteiger partial charge is 0.348 e. The van der Waals surface area contributed by atoms with E-state index in [4.69, 9.17) is 4.74 Å². The van der Waals surface area contributed by atoms with Crippen molar-refractivity contribution in [2.75, 3.05) is 42.6 Å². The van der Waals surface area contributed by atoms with Gasteiger partial charge in [-0.3, -0.25) is 0 Å². The first-order valence-electron chi connectivity index (χ1n) is 9.40. The van der Waals surface area contributed by atoms with Gasteiger partial charge in [0.2, 0.25) is 0 Å². The van der Waals surface area contributed by atoms with E-state index < -0.39 is 0 Å². The topological polar surface area (TPSA) is 95.2 Å². The third kappa shape index (κ3) is 3.47. The molecule has 1 aliphatic heterocycles. The first kappa shape index (κ1) is 19.1. The number of aryl methyl sites for hydroxylation is 1. The summed E-state index contributed by atoms with van der Waals surface area (Å²) in [5.41, 5.74) is 1.44. The minimum Gasteiger partial charge on any atom is -0.462 e. The highest BCUT2D eigenvalue weighted by atomic mass is 32.1. The van der Waals surface area contributed by atoms with Crippen LogP contribution in [0.3, 0.4) is 0 Å². The zero-order valence-corrected chi connectivity index (χ0v) is 17.1. The van der Waals surface area contributed by atoms with Crippen molar-refractivity contribution in [2.45, 2.75) is 13.8 Å². The fraction of sp³-hybridized carbons (Fsp3) is 0.350. The Kier molecular flexibility index (Phi) is 5.27. The molecule has 0 N–H and O–H groups in total. The molecular weight excluding hydrogens is 388 g/mol. The zero-order chi connectivity index (χ0) is 20.4. The van der Waals surface area contributed by atoms with Crippen LogP contribution in [0.2, 0.25) is 0 Å². The lowest BCUT2D eigenvalue weighted by molar-refractivity contribution is 0.0531. The Labute approximate surface area is 172 Å². The maximum absolute atomic E-state index is 12.3. The maximum atomic E-state index is 12.3. The molecule has 0 bridgehead atoms. The molecule has 29 heavy (non-hydrogen) atoms. The van der Waals surface area contributed by atoms with Crippen molar-refractivity contribution in [1.29, 1.82) is 5.26 Å². The van der Waals surface area contributed by atoms with E-state index in [1.165, 1.54) is 11.3 Å². The standard InChI is InChI=1S/C20H20N6O2S/c1-3-28-20(27)16-13(2)15-18(23-12-24-19(15)29-16)26-9-7-25(8-10-26)17-14(11-21)5-4-6-22-17/h4-6,12H,3,7-10H2,1-2H3. The number of carbonyl (C=O) groups excluding carboxylic acids is 1. The predicted octanol–water partition coefficient (Wildman–Crippen LogP) is 2.77. The van der Waals surface area contributed by atoms with Crippen molar-refractivity contribution in [3.05, 3.63) is 40.7 Å².